The molecule has 0 spiro atoms. The summed E-state index contributed by atoms with van der Waals surface area (Å²) >= 11 is 0. The molecule has 2 heterocycles. The predicted molar refractivity (Wildman–Crippen MR) is 134 cm³/mol. The third-order valence-corrected chi connectivity index (χ3v) is 9.52. The van der Waals surface area contributed by atoms with E-state index >= 15 is 0 Å². The number of sulfonamides is 1. The molecule has 184 valence electrons. The van der Waals surface area contributed by atoms with Crippen LogP contribution < -0.4 is 10.1 Å². The highest BCUT2D eigenvalue weighted by Crippen LogP contribution is 2.42. The van der Waals surface area contributed by atoms with Crippen LogP contribution in [0.3, 0.4) is 0 Å². The van der Waals surface area contributed by atoms with E-state index in [2.05, 4.69) is 26.1 Å². The lowest BCUT2D eigenvalue weighted by Gasteiger charge is -2.41. The maximum absolute atomic E-state index is 13.5. The Hall–Kier alpha value is -2.38. The number of nitrogens with zero attached hydrogens (tertiary/aromatic N) is 1. The third kappa shape index (κ3) is 4.73. The molecule has 1 saturated heterocycles. The zero-order chi connectivity index (χ0) is 24.5. The Balaban J connectivity index is 1.61. The number of nitrogens with one attached hydrogen (secondary N) is 1. The zero-order valence-corrected chi connectivity index (χ0v) is 21.5. The van der Waals surface area contributed by atoms with E-state index in [0.717, 1.165) is 42.6 Å². The van der Waals surface area contributed by atoms with Gasteiger partial charge in [-0.1, -0.05) is 45.0 Å². The van der Waals surface area contributed by atoms with Gasteiger partial charge in [-0.25, -0.2) is 8.42 Å². The molecule has 2 aliphatic rings. The number of carbonyl (C=O) groups excluding carboxylic acids is 1. The average molecular weight is 485 g/mol. The zero-order valence-electron chi connectivity index (χ0n) is 20.6. The molecule has 1 N–H and O–H groups in total. The van der Waals surface area contributed by atoms with E-state index in [1.54, 1.807) is 16.4 Å². The predicted octanol–water partition coefficient (Wildman–Crippen LogP) is 5.23. The number of carbonyl (C=O) groups is 1. The number of para-hydroxylation sites is 1. The number of hydrogen-bond donors (Lipinski definition) is 1. The summed E-state index contributed by atoms with van der Waals surface area (Å²) < 4.78 is 34.5. The maximum atomic E-state index is 13.5. The molecule has 0 aliphatic carbocycles. The summed E-state index contributed by atoms with van der Waals surface area (Å²) in [4.78, 5) is 13.7. The van der Waals surface area contributed by atoms with Gasteiger partial charge < -0.3 is 10.1 Å². The number of aryl methyl sites for hydroxylation is 1. The van der Waals surface area contributed by atoms with Gasteiger partial charge in [-0.2, -0.15) is 4.31 Å². The number of piperidine rings is 1. The summed E-state index contributed by atoms with van der Waals surface area (Å²) in [6.07, 6.45) is 4.07. The Bertz CT molecular complexity index is 1150. The Kier molecular flexibility index (Phi) is 7.06. The van der Waals surface area contributed by atoms with Gasteiger partial charge in [-0.05, 0) is 62.3 Å². The largest absolute Gasteiger partial charge is 0.487 e. The van der Waals surface area contributed by atoms with Crippen molar-refractivity contribution in [3.63, 3.8) is 0 Å². The topological polar surface area (TPSA) is 75.7 Å². The summed E-state index contributed by atoms with van der Waals surface area (Å²) in [5.41, 5.74) is 1.77. The highest BCUT2D eigenvalue weighted by molar-refractivity contribution is 7.89. The average Bonchev–Trinajstić information content (AvgIpc) is 2.84. The van der Waals surface area contributed by atoms with Gasteiger partial charge in [0.25, 0.3) is 5.91 Å². The molecule has 1 fully saturated rings. The van der Waals surface area contributed by atoms with Gasteiger partial charge in [-0.15, -0.1) is 0 Å². The van der Waals surface area contributed by atoms with Gasteiger partial charge in [0.15, 0.2) is 0 Å². The summed E-state index contributed by atoms with van der Waals surface area (Å²) in [7, 11) is -3.63. The Morgan fingerprint density at radius 1 is 1.12 bits per heavy atom. The fourth-order valence-electron chi connectivity index (χ4n) is 5.05. The highest BCUT2D eigenvalue weighted by Gasteiger charge is 2.39. The molecule has 2 aromatic carbocycles. The number of amides is 1. The molecule has 34 heavy (non-hydrogen) atoms. The molecule has 6 nitrogen and oxygen atoms in total. The second kappa shape index (κ2) is 9.70. The molecule has 1 atom stereocenters. The molecule has 0 radical (unpaired) electrons. The first-order chi connectivity index (χ1) is 16.2. The minimum atomic E-state index is -3.63. The van der Waals surface area contributed by atoms with Crippen LogP contribution in [0, 0.1) is 12.8 Å². The highest BCUT2D eigenvalue weighted by atomic mass is 32.2. The quantitative estimate of drug-likeness (QED) is 0.609. The van der Waals surface area contributed by atoms with Gasteiger partial charge >= 0.3 is 0 Å². The van der Waals surface area contributed by atoms with E-state index in [1.807, 2.05) is 31.2 Å². The van der Waals surface area contributed by atoms with E-state index in [0.29, 0.717) is 31.0 Å². The summed E-state index contributed by atoms with van der Waals surface area (Å²) in [6.45, 7) is 9.25. The number of fused-ring (bicyclic) bond motifs is 1. The van der Waals surface area contributed by atoms with Crippen molar-refractivity contribution in [3.8, 4) is 5.75 Å². The molecule has 7 heteroatoms. The Morgan fingerprint density at radius 2 is 1.79 bits per heavy atom. The fourth-order valence-corrected chi connectivity index (χ4v) is 6.54. The van der Waals surface area contributed by atoms with Crippen LogP contribution in [0.1, 0.15) is 80.4 Å². The number of benzene rings is 2. The fraction of sp³-hybridized carbons (Fsp3) is 0.519. The number of ether oxygens (including phenoxy) is 1. The van der Waals surface area contributed by atoms with E-state index in [1.165, 1.54) is 6.07 Å². The van der Waals surface area contributed by atoms with Crippen molar-refractivity contribution < 1.29 is 17.9 Å². The van der Waals surface area contributed by atoms with Crippen LogP contribution in [-0.2, 0) is 10.0 Å². The third-order valence-electron chi connectivity index (χ3n) is 7.63. The second-order valence-electron chi connectivity index (χ2n) is 9.82. The van der Waals surface area contributed by atoms with Crippen LogP contribution in [0.15, 0.2) is 47.4 Å². The van der Waals surface area contributed by atoms with Crippen LogP contribution in [0.2, 0.25) is 0 Å². The standard InChI is InChI=1S/C27H36N2O4S/c1-5-27(6-2)18-24(22-9-7-8-10-25(22)33-27)28-26(30)23-17-21(12-11-20(23)4)34(31,32)29-15-13-19(3)14-16-29/h7-12,17,19,24H,5-6,13-16,18H2,1-4H3,(H,28,30)/t24-/m1/s1. The van der Waals surface area contributed by atoms with Gasteiger partial charge in [-0.3, -0.25) is 4.79 Å². The van der Waals surface area contributed by atoms with Crippen LogP contribution in [0.25, 0.3) is 0 Å². The second-order valence-corrected chi connectivity index (χ2v) is 11.8. The first-order valence-corrected chi connectivity index (χ1v) is 13.8. The van der Waals surface area contributed by atoms with Crippen molar-refractivity contribution in [1.29, 1.82) is 0 Å². The van der Waals surface area contributed by atoms with Crippen molar-refractivity contribution >= 4 is 15.9 Å². The van der Waals surface area contributed by atoms with Crippen molar-refractivity contribution in [3.05, 3.63) is 59.2 Å². The molecule has 0 unspecified atom stereocenters. The Morgan fingerprint density at radius 3 is 2.47 bits per heavy atom. The van der Waals surface area contributed by atoms with Gasteiger partial charge in [0, 0.05) is 30.6 Å². The summed E-state index contributed by atoms with van der Waals surface area (Å²) in [6, 6.07) is 12.5. The minimum absolute atomic E-state index is 0.182. The molecular formula is C27H36N2O4S. The van der Waals surface area contributed by atoms with Gasteiger partial charge in [0.1, 0.15) is 11.4 Å². The lowest BCUT2D eigenvalue weighted by Crippen LogP contribution is -2.44. The SMILES string of the molecule is CCC1(CC)C[C@@H](NC(=O)c2cc(S(=O)(=O)N3CCC(C)CC3)ccc2C)c2ccccc2O1. The van der Waals surface area contributed by atoms with Crippen LogP contribution in [0.5, 0.6) is 5.75 Å². The van der Waals surface area contributed by atoms with Gasteiger partial charge in [0.2, 0.25) is 10.0 Å². The van der Waals surface area contributed by atoms with Crippen LogP contribution >= 0.6 is 0 Å². The summed E-state index contributed by atoms with van der Waals surface area (Å²) in [5.74, 6) is 1.08. The molecule has 0 saturated carbocycles. The van der Waals surface area contributed by atoms with E-state index in [4.69, 9.17) is 4.74 Å². The first-order valence-electron chi connectivity index (χ1n) is 12.4. The van der Waals surface area contributed by atoms with Crippen molar-refractivity contribution in [2.75, 3.05) is 13.1 Å². The lowest BCUT2D eigenvalue weighted by molar-refractivity contribution is 0.0227. The number of rotatable bonds is 6. The first kappa shape index (κ1) is 24.7. The van der Waals surface area contributed by atoms with Crippen molar-refractivity contribution in [1.82, 2.24) is 9.62 Å². The molecule has 0 bridgehead atoms. The maximum Gasteiger partial charge on any atom is 0.252 e. The van der Waals surface area contributed by atoms with Crippen molar-refractivity contribution in [2.45, 2.75) is 76.3 Å². The molecule has 2 aromatic rings. The minimum Gasteiger partial charge on any atom is -0.487 e. The lowest BCUT2D eigenvalue weighted by atomic mass is 9.83. The molecule has 0 aromatic heterocycles. The van der Waals surface area contributed by atoms with E-state index < -0.39 is 10.0 Å². The molecule has 1 amide bonds. The van der Waals surface area contributed by atoms with Crippen LogP contribution in [-0.4, -0.2) is 37.3 Å². The van der Waals surface area contributed by atoms with E-state index in [9.17, 15) is 13.2 Å². The normalized spacial score (nSPS) is 20.9. The smallest absolute Gasteiger partial charge is 0.252 e. The Labute approximate surface area is 203 Å². The van der Waals surface area contributed by atoms with E-state index in [-0.39, 0.29) is 22.4 Å². The van der Waals surface area contributed by atoms with Crippen LogP contribution in [0.4, 0.5) is 0 Å². The summed E-state index contributed by atoms with van der Waals surface area (Å²) in [5, 5.41) is 3.19. The molecule has 2 aliphatic heterocycles. The van der Waals surface area contributed by atoms with Gasteiger partial charge in [0.05, 0.1) is 10.9 Å². The van der Waals surface area contributed by atoms with Crippen molar-refractivity contribution in [2.24, 2.45) is 5.92 Å². The monoisotopic (exact) mass is 484 g/mol. The molecular weight excluding hydrogens is 448 g/mol. The number of hydrogen-bond acceptors (Lipinski definition) is 4. The molecule has 4 rings (SSSR count).